The van der Waals surface area contributed by atoms with E-state index in [0.29, 0.717) is 0 Å². The van der Waals surface area contributed by atoms with Crippen molar-refractivity contribution in [1.29, 1.82) is 0 Å². The smallest absolute Gasteiger partial charge is 0.123 e. The highest BCUT2D eigenvalue weighted by Gasteiger charge is 2.04. The molecule has 2 nitrogen and oxygen atoms in total. The number of unbranched alkanes of at least 4 members (excludes halogenated alkanes) is 32. The van der Waals surface area contributed by atoms with Crippen LogP contribution in [-0.2, 0) is 6.42 Å². The molecule has 0 aromatic heterocycles. The van der Waals surface area contributed by atoms with Crippen LogP contribution in [0.3, 0.4) is 0 Å². The number of ether oxygens (including phenoxy) is 2. The first-order valence-corrected chi connectivity index (χ1v) is 22.0. The van der Waals surface area contributed by atoms with Gasteiger partial charge in [0, 0.05) is 6.07 Å². The van der Waals surface area contributed by atoms with E-state index in [9.17, 15) is 0 Å². The normalized spacial score (nSPS) is 11.4. The van der Waals surface area contributed by atoms with Crippen LogP contribution in [0.1, 0.15) is 238 Å². The van der Waals surface area contributed by atoms with Crippen LogP contribution in [0.25, 0.3) is 0 Å². The molecule has 0 saturated carbocycles. The van der Waals surface area contributed by atoms with Crippen molar-refractivity contribution in [2.24, 2.45) is 0 Å². The van der Waals surface area contributed by atoms with E-state index in [-0.39, 0.29) is 0 Å². The fraction of sp³-hybridized carbons (Fsp3) is 0.848. The largest absolute Gasteiger partial charge is 0.493 e. The second-order valence-corrected chi connectivity index (χ2v) is 15.1. The van der Waals surface area contributed by atoms with Crippen LogP contribution in [0.15, 0.2) is 18.2 Å². The summed E-state index contributed by atoms with van der Waals surface area (Å²) >= 11 is 0. The molecule has 1 aromatic rings. The molecule has 1 radical (unpaired) electrons. The van der Waals surface area contributed by atoms with Crippen LogP contribution < -0.4 is 9.47 Å². The van der Waals surface area contributed by atoms with Gasteiger partial charge in [0.2, 0.25) is 0 Å². The Labute approximate surface area is 302 Å². The molecule has 0 heterocycles. The van der Waals surface area contributed by atoms with E-state index in [1.165, 1.54) is 211 Å². The third-order valence-corrected chi connectivity index (χ3v) is 10.3. The fourth-order valence-electron chi connectivity index (χ4n) is 6.98. The molecule has 0 amide bonds. The molecule has 0 unspecified atom stereocenters. The molecule has 0 spiro atoms. The first-order chi connectivity index (χ1) is 23.8. The van der Waals surface area contributed by atoms with Gasteiger partial charge in [0.15, 0.2) is 0 Å². The summed E-state index contributed by atoms with van der Waals surface area (Å²) in [6, 6.07) is 6.37. The Kier molecular flexibility index (Phi) is 34.6. The lowest BCUT2D eigenvalue weighted by Gasteiger charge is -2.12. The fourth-order valence-corrected chi connectivity index (χ4v) is 6.98. The van der Waals surface area contributed by atoms with E-state index in [1.54, 1.807) is 0 Å². The Morgan fingerprint density at radius 1 is 0.333 bits per heavy atom. The monoisotopic (exact) mass is 670 g/mol. The minimum Gasteiger partial charge on any atom is -0.493 e. The van der Waals surface area contributed by atoms with Crippen molar-refractivity contribution < 1.29 is 9.47 Å². The van der Waals surface area contributed by atoms with Crippen molar-refractivity contribution >= 4 is 0 Å². The van der Waals surface area contributed by atoms with E-state index in [2.05, 4.69) is 39.0 Å². The van der Waals surface area contributed by atoms with Crippen molar-refractivity contribution in [2.45, 2.75) is 239 Å². The molecule has 0 fully saturated rings. The molecular formula is C46H85O2. The molecule has 0 saturated heterocycles. The quantitative estimate of drug-likeness (QED) is 0.0650. The molecule has 1 rings (SSSR count). The minimum atomic E-state index is 0.770. The predicted octanol–water partition coefficient (Wildman–Crippen LogP) is 16.1. The summed E-state index contributed by atoms with van der Waals surface area (Å²) < 4.78 is 12.3. The summed E-state index contributed by atoms with van der Waals surface area (Å²) in [6.07, 6.45) is 48.4. The van der Waals surface area contributed by atoms with Gasteiger partial charge in [-0.25, -0.2) is 0 Å². The van der Waals surface area contributed by atoms with Crippen molar-refractivity contribution in [3.63, 3.8) is 0 Å². The van der Waals surface area contributed by atoms with Crippen LogP contribution in [0.5, 0.6) is 11.5 Å². The van der Waals surface area contributed by atoms with Crippen LogP contribution in [0, 0.1) is 6.92 Å². The predicted molar refractivity (Wildman–Crippen MR) is 215 cm³/mol. The van der Waals surface area contributed by atoms with Gasteiger partial charge in [-0.3, -0.25) is 0 Å². The Bertz CT molecular complexity index is 700. The Morgan fingerprint density at radius 2 is 0.562 bits per heavy atom. The summed E-state index contributed by atoms with van der Waals surface area (Å²) in [5, 5.41) is 0. The van der Waals surface area contributed by atoms with Crippen molar-refractivity contribution in [3.8, 4) is 11.5 Å². The second kappa shape index (κ2) is 37.1. The molecule has 0 aliphatic carbocycles. The lowest BCUT2D eigenvalue weighted by Crippen LogP contribution is -2.01. The highest BCUT2D eigenvalue weighted by molar-refractivity contribution is 5.38. The number of hydrogen-bond donors (Lipinski definition) is 0. The molecule has 0 bridgehead atoms. The molecule has 0 atom stereocenters. The van der Waals surface area contributed by atoms with Gasteiger partial charge >= 0.3 is 0 Å². The highest BCUT2D eigenvalue weighted by Crippen LogP contribution is 2.24. The zero-order valence-corrected chi connectivity index (χ0v) is 32.9. The average molecular weight is 670 g/mol. The van der Waals surface area contributed by atoms with Crippen molar-refractivity contribution in [2.75, 3.05) is 13.2 Å². The van der Waals surface area contributed by atoms with E-state index >= 15 is 0 Å². The Morgan fingerprint density at radius 3 is 0.792 bits per heavy atom. The maximum absolute atomic E-state index is 6.15. The second-order valence-electron chi connectivity index (χ2n) is 15.1. The average Bonchev–Trinajstić information content (AvgIpc) is 3.10. The lowest BCUT2D eigenvalue weighted by atomic mass is 10.0. The van der Waals surface area contributed by atoms with E-state index in [4.69, 9.17) is 9.47 Å². The van der Waals surface area contributed by atoms with Crippen molar-refractivity contribution in [1.82, 2.24) is 0 Å². The summed E-state index contributed by atoms with van der Waals surface area (Å²) in [6.45, 7) is 10.3. The Balaban J connectivity index is 1.93. The Hall–Kier alpha value is -1.18. The molecule has 0 aliphatic heterocycles. The van der Waals surface area contributed by atoms with E-state index < -0.39 is 0 Å². The van der Waals surface area contributed by atoms with Gasteiger partial charge in [-0.05, 0) is 43.9 Å². The highest BCUT2D eigenvalue weighted by atomic mass is 16.5. The summed E-state index contributed by atoms with van der Waals surface area (Å²) in [5.74, 6) is 1.90. The maximum Gasteiger partial charge on any atom is 0.123 e. The molecule has 0 N–H and O–H groups in total. The topological polar surface area (TPSA) is 18.5 Å². The third kappa shape index (κ3) is 30.8. The third-order valence-electron chi connectivity index (χ3n) is 10.3. The zero-order chi connectivity index (χ0) is 34.4. The minimum absolute atomic E-state index is 0.770. The van der Waals surface area contributed by atoms with Crippen LogP contribution >= 0.6 is 0 Å². The maximum atomic E-state index is 6.15. The summed E-state index contributed by atoms with van der Waals surface area (Å²) in [4.78, 5) is 0. The van der Waals surface area contributed by atoms with Crippen LogP contribution in [0.4, 0.5) is 0 Å². The van der Waals surface area contributed by atoms with E-state index in [0.717, 1.165) is 44.0 Å². The van der Waals surface area contributed by atoms with Gasteiger partial charge in [0.1, 0.15) is 11.5 Å². The van der Waals surface area contributed by atoms with Gasteiger partial charge < -0.3 is 9.47 Å². The van der Waals surface area contributed by atoms with Gasteiger partial charge in [0.25, 0.3) is 0 Å². The molecule has 48 heavy (non-hydrogen) atoms. The van der Waals surface area contributed by atoms with Gasteiger partial charge in [-0.1, -0.05) is 219 Å². The molecular weight excluding hydrogens is 585 g/mol. The lowest BCUT2D eigenvalue weighted by molar-refractivity contribution is 0.289. The molecule has 1 aromatic carbocycles. The molecule has 0 aliphatic rings. The van der Waals surface area contributed by atoms with Gasteiger partial charge in [0.05, 0.1) is 13.2 Å². The van der Waals surface area contributed by atoms with E-state index in [1.807, 2.05) is 0 Å². The van der Waals surface area contributed by atoms with Gasteiger partial charge in [-0.15, -0.1) is 0 Å². The molecule has 2 heteroatoms. The number of hydrogen-bond acceptors (Lipinski definition) is 2. The SMILES string of the molecule is [CH2]Cc1cc(OCCCCCCCCCCCCCCCCCCC)cc(OCCCCCCCCCCCCCCCCCCC)c1. The zero-order valence-electron chi connectivity index (χ0n) is 32.9. The summed E-state index contributed by atoms with van der Waals surface area (Å²) in [5.41, 5.74) is 1.20. The number of benzene rings is 1. The number of rotatable bonds is 39. The first kappa shape index (κ1) is 44.8. The van der Waals surface area contributed by atoms with Crippen molar-refractivity contribution in [3.05, 3.63) is 30.7 Å². The molecule has 281 valence electrons. The van der Waals surface area contributed by atoms with Crippen LogP contribution in [0.2, 0.25) is 0 Å². The first-order valence-electron chi connectivity index (χ1n) is 22.0. The summed E-state index contributed by atoms with van der Waals surface area (Å²) in [7, 11) is 0. The van der Waals surface area contributed by atoms with Gasteiger partial charge in [-0.2, -0.15) is 0 Å². The standard InChI is InChI=1S/C46H85O2/c1-4-7-9-11-13-15-17-19-21-23-25-27-29-31-33-35-37-39-47-45-41-44(6-3)42-46(43-45)48-40-38-36-34-32-30-28-26-24-22-20-18-16-14-12-10-8-5-2/h41-43H,3-40H2,1-2H3. The van der Waals surface area contributed by atoms with Crippen LogP contribution in [-0.4, -0.2) is 13.2 Å².